The summed E-state index contributed by atoms with van der Waals surface area (Å²) in [5, 5.41) is 3.54. The van der Waals surface area contributed by atoms with E-state index in [9.17, 15) is 4.79 Å². The van der Waals surface area contributed by atoms with E-state index in [0.717, 1.165) is 29.3 Å². The van der Waals surface area contributed by atoms with Gasteiger partial charge in [-0.15, -0.1) is 11.3 Å². The van der Waals surface area contributed by atoms with Crippen LogP contribution >= 0.6 is 22.9 Å². The summed E-state index contributed by atoms with van der Waals surface area (Å²) < 4.78 is 5.87. The van der Waals surface area contributed by atoms with E-state index in [0.29, 0.717) is 11.1 Å². The molecular formula is C15H13ClN2O2S. The maximum absolute atomic E-state index is 11.2. The molecule has 0 radical (unpaired) electrons. The van der Waals surface area contributed by atoms with E-state index in [1.807, 2.05) is 12.1 Å². The topological polar surface area (TPSA) is 58.0 Å². The molecule has 1 atom stereocenters. The molecule has 3 aromatic rings. The van der Waals surface area contributed by atoms with E-state index in [1.165, 1.54) is 10.4 Å². The van der Waals surface area contributed by atoms with Gasteiger partial charge in [0.25, 0.3) is 0 Å². The van der Waals surface area contributed by atoms with Crippen molar-refractivity contribution in [1.82, 2.24) is 4.98 Å². The molecule has 4 rings (SSSR count). The highest BCUT2D eigenvalue weighted by Crippen LogP contribution is 2.39. The van der Waals surface area contributed by atoms with E-state index in [4.69, 9.17) is 16.0 Å². The zero-order valence-corrected chi connectivity index (χ0v) is 12.7. The number of thiophene rings is 1. The Kier molecular flexibility index (Phi) is 3.05. The lowest BCUT2D eigenvalue weighted by molar-refractivity contribution is 0.555. The van der Waals surface area contributed by atoms with Crippen molar-refractivity contribution < 1.29 is 4.42 Å². The number of hydrogen-bond acceptors (Lipinski definition) is 4. The van der Waals surface area contributed by atoms with Crippen LogP contribution in [0, 0.1) is 0 Å². The fourth-order valence-corrected chi connectivity index (χ4v) is 4.30. The lowest BCUT2D eigenvalue weighted by atomic mass is 9.94. The number of fused-ring (bicyclic) bond motifs is 2. The van der Waals surface area contributed by atoms with E-state index < -0.39 is 5.76 Å². The predicted octanol–water partition coefficient (Wildman–Crippen LogP) is 4.33. The first kappa shape index (κ1) is 13.0. The molecule has 1 aliphatic rings. The lowest BCUT2D eigenvalue weighted by Crippen LogP contribution is -2.15. The molecule has 2 N–H and O–H groups in total. The Morgan fingerprint density at radius 3 is 3.19 bits per heavy atom. The highest BCUT2D eigenvalue weighted by molar-refractivity contribution is 7.16. The largest absolute Gasteiger partial charge is 0.417 e. The SMILES string of the molecule is O=c1[nH]c2cc(NC3CCCc4sc(Cl)cc43)ccc2o1. The number of nitrogens with one attached hydrogen (secondary N) is 2. The van der Waals surface area contributed by atoms with Crippen molar-refractivity contribution in [2.75, 3.05) is 5.32 Å². The summed E-state index contributed by atoms with van der Waals surface area (Å²) in [6.45, 7) is 0. The number of H-pyrrole nitrogens is 1. The summed E-state index contributed by atoms with van der Waals surface area (Å²) in [5.74, 6) is -0.424. The molecule has 108 valence electrons. The molecule has 21 heavy (non-hydrogen) atoms. The third-order valence-corrected chi connectivity index (χ3v) is 5.18. The summed E-state index contributed by atoms with van der Waals surface area (Å²) in [4.78, 5) is 15.3. The van der Waals surface area contributed by atoms with Gasteiger partial charge in [-0.25, -0.2) is 4.79 Å². The monoisotopic (exact) mass is 320 g/mol. The van der Waals surface area contributed by atoms with Gasteiger partial charge in [0.2, 0.25) is 0 Å². The van der Waals surface area contributed by atoms with Crippen LogP contribution in [0.25, 0.3) is 11.1 Å². The first-order chi connectivity index (χ1) is 10.2. The Labute approximate surface area is 129 Å². The second kappa shape index (κ2) is 4.93. The highest BCUT2D eigenvalue weighted by atomic mass is 35.5. The van der Waals surface area contributed by atoms with Gasteiger partial charge in [0, 0.05) is 10.6 Å². The van der Waals surface area contributed by atoms with E-state index in [-0.39, 0.29) is 6.04 Å². The molecule has 4 nitrogen and oxygen atoms in total. The van der Waals surface area contributed by atoms with Crippen LogP contribution in [0.1, 0.15) is 29.3 Å². The van der Waals surface area contributed by atoms with Gasteiger partial charge in [-0.05, 0) is 49.1 Å². The third kappa shape index (κ3) is 2.36. The quantitative estimate of drug-likeness (QED) is 0.739. The fourth-order valence-electron chi connectivity index (χ4n) is 2.91. The minimum Gasteiger partial charge on any atom is -0.408 e. The van der Waals surface area contributed by atoms with Gasteiger partial charge in [0.05, 0.1) is 15.9 Å². The number of oxazole rings is 1. The first-order valence-electron chi connectivity index (χ1n) is 6.86. The molecule has 0 saturated carbocycles. The molecule has 1 aliphatic carbocycles. The van der Waals surface area contributed by atoms with Crippen LogP contribution < -0.4 is 11.1 Å². The number of rotatable bonds is 2. The second-order valence-corrected chi connectivity index (χ2v) is 7.01. The molecular weight excluding hydrogens is 308 g/mol. The van der Waals surface area contributed by atoms with Crippen LogP contribution in [0.3, 0.4) is 0 Å². The predicted molar refractivity (Wildman–Crippen MR) is 85.5 cm³/mol. The zero-order chi connectivity index (χ0) is 14.4. The van der Waals surface area contributed by atoms with Crippen LogP contribution in [-0.2, 0) is 6.42 Å². The van der Waals surface area contributed by atoms with Gasteiger partial charge in [0.15, 0.2) is 5.58 Å². The maximum atomic E-state index is 11.2. The smallest absolute Gasteiger partial charge is 0.408 e. The van der Waals surface area contributed by atoms with E-state index in [1.54, 1.807) is 17.4 Å². The van der Waals surface area contributed by atoms with Crippen molar-refractivity contribution >= 4 is 39.7 Å². The molecule has 0 spiro atoms. The number of halogens is 1. The molecule has 6 heteroatoms. The minimum absolute atomic E-state index is 0.272. The highest BCUT2D eigenvalue weighted by Gasteiger charge is 2.22. The Balaban J connectivity index is 1.67. The van der Waals surface area contributed by atoms with Crippen molar-refractivity contribution in [3.05, 3.63) is 49.6 Å². The number of aromatic nitrogens is 1. The van der Waals surface area contributed by atoms with Crippen LogP contribution in [0.2, 0.25) is 4.34 Å². The Morgan fingerprint density at radius 1 is 1.38 bits per heavy atom. The zero-order valence-electron chi connectivity index (χ0n) is 11.1. The van der Waals surface area contributed by atoms with E-state index in [2.05, 4.69) is 16.4 Å². The minimum atomic E-state index is -0.424. The summed E-state index contributed by atoms with van der Waals surface area (Å²) >= 11 is 7.81. The molecule has 0 aliphatic heterocycles. The molecule has 0 amide bonds. The van der Waals surface area contributed by atoms with Gasteiger partial charge in [-0.1, -0.05) is 11.6 Å². The lowest BCUT2D eigenvalue weighted by Gasteiger charge is -2.24. The van der Waals surface area contributed by atoms with Crippen molar-refractivity contribution in [2.24, 2.45) is 0 Å². The molecule has 0 fully saturated rings. The van der Waals surface area contributed by atoms with Gasteiger partial charge >= 0.3 is 5.76 Å². The summed E-state index contributed by atoms with van der Waals surface area (Å²) in [7, 11) is 0. The Morgan fingerprint density at radius 2 is 2.29 bits per heavy atom. The van der Waals surface area contributed by atoms with Crippen LogP contribution in [0.15, 0.2) is 33.5 Å². The normalized spacial score (nSPS) is 17.9. The van der Waals surface area contributed by atoms with Gasteiger partial charge in [0.1, 0.15) is 0 Å². The number of aromatic amines is 1. The van der Waals surface area contributed by atoms with Gasteiger partial charge < -0.3 is 9.73 Å². The molecule has 0 bridgehead atoms. The van der Waals surface area contributed by atoms with Crippen molar-refractivity contribution in [3.8, 4) is 0 Å². The number of hydrogen-bond donors (Lipinski definition) is 2. The molecule has 2 aromatic heterocycles. The van der Waals surface area contributed by atoms with E-state index >= 15 is 0 Å². The van der Waals surface area contributed by atoms with Crippen LogP contribution in [-0.4, -0.2) is 4.98 Å². The average molecular weight is 321 g/mol. The van der Waals surface area contributed by atoms with Crippen LogP contribution in [0.5, 0.6) is 0 Å². The molecule has 0 saturated heterocycles. The Bertz CT molecular complexity index is 864. The van der Waals surface area contributed by atoms with Gasteiger partial charge in [-0.3, -0.25) is 4.98 Å². The van der Waals surface area contributed by atoms with Crippen molar-refractivity contribution in [3.63, 3.8) is 0 Å². The van der Waals surface area contributed by atoms with Crippen LogP contribution in [0.4, 0.5) is 5.69 Å². The molecule has 2 heterocycles. The number of anilines is 1. The third-order valence-electron chi connectivity index (χ3n) is 3.84. The first-order valence-corrected chi connectivity index (χ1v) is 8.06. The number of aryl methyl sites for hydroxylation is 1. The fraction of sp³-hybridized carbons (Fsp3) is 0.267. The number of benzene rings is 1. The standard InChI is InChI=1S/C15H13ClN2O2S/c16-14-7-9-10(2-1-3-13(9)21-14)17-8-4-5-12-11(6-8)18-15(19)20-12/h4-7,10,17H,1-3H2,(H,18,19). The van der Waals surface area contributed by atoms with Gasteiger partial charge in [-0.2, -0.15) is 0 Å². The molecule has 1 aromatic carbocycles. The summed E-state index contributed by atoms with van der Waals surface area (Å²) in [5.41, 5.74) is 3.56. The van der Waals surface area contributed by atoms with Crippen molar-refractivity contribution in [2.45, 2.75) is 25.3 Å². The molecule has 1 unspecified atom stereocenters. The second-order valence-electron chi connectivity index (χ2n) is 5.24. The summed E-state index contributed by atoms with van der Waals surface area (Å²) in [6.07, 6.45) is 3.35. The Hall–Kier alpha value is -1.72. The maximum Gasteiger partial charge on any atom is 0.417 e. The van der Waals surface area contributed by atoms with Crippen molar-refractivity contribution in [1.29, 1.82) is 0 Å². The summed E-state index contributed by atoms with van der Waals surface area (Å²) in [6, 6.07) is 7.98. The average Bonchev–Trinajstić information content (AvgIpc) is 2.99.